The molecule has 1 aliphatic heterocycles. The van der Waals surface area contributed by atoms with Crippen LogP contribution >= 0.6 is 15.9 Å². The first-order valence-corrected chi connectivity index (χ1v) is 6.36. The van der Waals surface area contributed by atoms with E-state index in [0.717, 1.165) is 15.6 Å². The second kappa shape index (κ2) is 4.68. The Kier molecular flexibility index (Phi) is 3.38. The molecular formula is C12H13BrN2O3. The lowest BCUT2D eigenvalue weighted by Crippen LogP contribution is -2.27. The van der Waals surface area contributed by atoms with E-state index in [9.17, 15) is 9.59 Å². The molecule has 1 N–H and O–H groups in total. The zero-order chi connectivity index (χ0) is 13.4. The molecule has 5 nitrogen and oxygen atoms in total. The molecule has 1 unspecified atom stereocenters. The monoisotopic (exact) mass is 312 g/mol. The molecule has 0 spiro atoms. The molecule has 0 saturated carbocycles. The van der Waals surface area contributed by atoms with Gasteiger partial charge in [0.05, 0.1) is 5.92 Å². The Morgan fingerprint density at radius 3 is 2.72 bits per heavy atom. The fraction of sp³-hybridized carbons (Fsp3) is 0.417. The van der Waals surface area contributed by atoms with Crippen LogP contribution in [-0.4, -0.2) is 28.5 Å². The van der Waals surface area contributed by atoms with Gasteiger partial charge in [0.2, 0.25) is 5.91 Å². The number of carbonyl (C=O) groups is 2. The predicted molar refractivity (Wildman–Crippen MR) is 69.5 cm³/mol. The van der Waals surface area contributed by atoms with Crippen LogP contribution in [0.5, 0.6) is 0 Å². The van der Waals surface area contributed by atoms with Crippen LogP contribution < -0.4 is 4.90 Å². The first-order valence-electron chi connectivity index (χ1n) is 5.56. The van der Waals surface area contributed by atoms with Crippen molar-refractivity contribution in [3.63, 3.8) is 0 Å². The summed E-state index contributed by atoms with van der Waals surface area (Å²) >= 11 is 3.38. The molecule has 18 heavy (non-hydrogen) atoms. The highest BCUT2D eigenvalue weighted by Gasteiger charge is 2.36. The maximum Gasteiger partial charge on any atom is 0.308 e. The van der Waals surface area contributed by atoms with Gasteiger partial charge in [0.15, 0.2) is 0 Å². The summed E-state index contributed by atoms with van der Waals surface area (Å²) in [5, 5.41) is 8.96. The largest absolute Gasteiger partial charge is 0.481 e. The number of aromatic nitrogens is 1. The first-order chi connectivity index (χ1) is 8.41. The highest BCUT2D eigenvalue weighted by molar-refractivity contribution is 9.10. The van der Waals surface area contributed by atoms with E-state index in [4.69, 9.17) is 5.11 Å². The maximum absolute atomic E-state index is 11.8. The van der Waals surface area contributed by atoms with Crippen LogP contribution in [0, 0.1) is 19.8 Å². The van der Waals surface area contributed by atoms with E-state index >= 15 is 0 Å². The molecular weight excluding hydrogens is 300 g/mol. The Morgan fingerprint density at radius 1 is 1.50 bits per heavy atom. The van der Waals surface area contributed by atoms with E-state index in [1.165, 1.54) is 4.90 Å². The number of amides is 1. The second-order valence-electron chi connectivity index (χ2n) is 4.42. The fourth-order valence-corrected chi connectivity index (χ4v) is 2.41. The number of aliphatic carboxylic acids is 1. The molecule has 0 bridgehead atoms. The van der Waals surface area contributed by atoms with Gasteiger partial charge in [0.25, 0.3) is 0 Å². The average Bonchev–Trinajstić information content (AvgIpc) is 2.69. The summed E-state index contributed by atoms with van der Waals surface area (Å²) in [5.41, 5.74) is 1.90. The van der Waals surface area contributed by atoms with Gasteiger partial charge in [-0.2, -0.15) is 0 Å². The summed E-state index contributed by atoms with van der Waals surface area (Å²) in [6.45, 7) is 4.01. The SMILES string of the molecule is Cc1c(Br)cnc(N2CC(C(=O)O)CC2=O)c1C. The zero-order valence-corrected chi connectivity index (χ0v) is 11.7. The van der Waals surface area contributed by atoms with Crippen molar-refractivity contribution in [3.8, 4) is 0 Å². The lowest BCUT2D eigenvalue weighted by molar-refractivity contribution is -0.141. The number of anilines is 1. The summed E-state index contributed by atoms with van der Waals surface area (Å²) in [6, 6.07) is 0. The fourth-order valence-electron chi connectivity index (χ4n) is 2.01. The molecule has 96 valence electrons. The molecule has 0 aliphatic carbocycles. The van der Waals surface area contributed by atoms with Crippen molar-refractivity contribution in [2.45, 2.75) is 20.3 Å². The molecule has 2 heterocycles. The van der Waals surface area contributed by atoms with Gasteiger partial charge in [-0.05, 0) is 40.9 Å². The van der Waals surface area contributed by atoms with E-state index in [1.807, 2.05) is 13.8 Å². The van der Waals surface area contributed by atoms with Crippen LogP contribution in [0.4, 0.5) is 5.82 Å². The molecule has 2 rings (SSSR count). The summed E-state index contributed by atoms with van der Waals surface area (Å²) in [7, 11) is 0. The Hall–Kier alpha value is -1.43. The molecule has 1 aliphatic rings. The standard InChI is InChI=1S/C12H13BrN2O3/c1-6-7(2)11(14-4-9(6)13)15-5-8(12(17)18)3-10(15)16/h4,8H,3,5H2,1-2H3,(H,17,18). The van der Waals surface area contributed by atoms with Crippen LogP contribution in [0.2, 0.25) is 0 Å². The smallest absolute Gasteiger partial charge is 0.308 e. The number of carboxylic acid groups (broad SMARTS) is 1. The van der Waals surface area contributed by atoms with Crippen molar-refractivity contribution < 1.29 is 14.7 Å². The van der Waals surface area contributed by atoms with Crippen LogP contribution in [0.25, 0.3) is 0 Å². The van der Waals surface area contributed by atoms with Crippen molar-refractivity contribution in [1.82, 2.24) is 4.98 Å². The van der Waals surface area contributed by atoms with E-state index in [2.05, 4.69) is 20.9 Å². The molecule has 1 aromatic rings. The zero-order valence-electron chi connectivity index (χ0n) is 10.1. The van der Waals surface area contributed by atoms with Gasteiger partial charge in [-0.25, -0.2) is 4.98 Å². The van der Waals surface area contributed by atoms with Gasteiger partial charge in [0, 0.05) is 23.6 Å². The van der Waals surface area contributed by atoms with Crippen LogP contribution in [0.15, 0.2) is 10.7 Å². The number of pyridine rings is 1. The minimum absolute atomic E-state index is 0.0472. The molecule has 0 aromatic carbocycles. The van der Waals surface area contributed by atoms with Crippen molar-refractivity contribution in [3.05, 3.63) is 21.8 Å². The van der Waals surface area contributed by atoms with Gasteiger partial charge in [-0.1, -0.05) is 0 Å². The lowest BCUT2D eigenvalue weighted by Gasteiger charge is -2.19. The van der Waals surface area contributed by atoms with Crippen LogP contribution in [0.3, 0.4) is 0 Å². The van der Waals surface area contributed by atoms with Gasteiger partial charge in [0.1, 0.15) is 5.82 Å². The van der Waals surface area contributed by atoms with Crippen LogP contribution in [-0.2, 0) is 9.59 Å². The highest BCUT2D eigenvalue weighted by atomic mass is 79.9. The minimum Gasteiger partial charge on any atom is -0.481 e. The molecule has 1 saturated heterocycles. The van der Waals surface area contributed by atoms with E-state index < -0.39 is 11.9 Å². The number of rotatable bonds is 2. The molecule has 1 fully saturated rings. The quantitative estimate of drug-likeness (QED) is 0.905. The molecule has 0 radical (unpaired) electrons. The number of carbonyl (C=O) groups excluding carboxylic acids is 1. The Balaban J connectivity index is 2.36. The Bertz CT molecular complexity index is 530. The third kappa shape index (κ3) is 2.12. The third-order valence-corrected chi connectivity index (χ3v) is 4.09. The second-order valence-corrected chi connectivity index (χ2v) is 5.28. The summed E-state index contributed by atoms with van der Waals surface area (Å²) in [5.74, 6) is -1.19. The van der Waals surface area contributed by atoms with Crippen LogP contribution in [0.1, 0.15) is 17.5 Å². The van der Waals surface area contributed by atoms with Crippen molar-refractivity contribution >= 4 is 33.6 Å². The van der Waals surface area contributed by atoms with E-state index in [0.29, 0.717) is 5.82 Å². The van der Waals surface area contributed by atoms with Gasteiger partial charge in [-0.3, -0.25) is 14.5 Å². The van der Waals surface area contributed by atoms with Gasteiger partial charge < -0.3 is 5.11 Å². The molecule has 1 aromatic heterocycles. The summed E-state index contributed by atoms with van der Waals surface area (Å²) < 4.78 is 0.880. The van der Waals surface area contributed by atoms with E-state index in [-0.39, 0.29) is 18.9 Å². The maximum atomic E-state index is 11.8. The molecule has 1 atom stereocenters. The van der Waals surface area contributed by atoms with Crippen molar-refractivity contribution in [1.29, 1.82) is 0 Å². The lowest BCUT2D eigenvalue weighted by atomic mass is 10.1. The Morgan fingerprint density at radius 2 is 2.17 bits per heavy atom. The third-order valence-electron chi connectivity index (χ3n) is 3.29. The topological polar surface area (TPSA) is 70.5 Å². The van der Waals surface area contributed by atoms with Gasteiger partial charge >= 0.3 is 5.97 Å². The number of nitrogens with zero attached hydrogens (tertiary/aromatic N) is 2. The highest BCUT2D eigenvalue weighted by Crippen LogP contribution is 2.30. The molecule has 1 amide bonds. The van der Waals surface area contributed by atoms with E-state index in [1.54, 1.807) is 6.20 Å². The number of halogens is 1. The summed E-state index contributed by atoms with van der Waals surface area (Å²) in [4.78, 5) is 28.5. The van der Waals surface area contributed by atoms with Gasteiger partial charge in [-0.15, -0.1) is 0 Å². The normalized spacial score (nSPS) is 19.4. The number of hydrogen-bond donors (Lipinski definition) is 1. The average molecular weight is 313 g/mol. The Labute approximate surface area is 113 Å². The summed E-state index contributed by atoms with van der Waals surface area (Å²) in [6.07, 6.45) is 1.69. The van der Waals surface area contributed by atoms with Crippen molar-refractivity contribution in [2.24, 2.45) is 5.92 Å². The predicted octanol–water partition coefficient (Wildman–Crippen LogP) is 1.90. The minimum atomic E-state index is -0.933. The number of hydrogen-bond acceptors (Lipinski definition) is 3. The molecule has 6 heteroatoms. The van der Waals surface area contributed by atoms with Crippen molar-refractivity contribution in [2.75, 3.05) is 11.4 Å². The first kappa shape index (κ1) is 13.0. The number of carboxylic acids is 1.